The molecule has 3 aromatic heterocycles. The van der Waals surface area contributed by atoms with Gasteiger partial charge in [0.1, 0.15) is 17.3 Å². The van der Waals surface area contributed by atoms with Crippen molar-refractivity contribution in [2.45, 2.75) is 20.3 Å². The number of carbonyl (C=O) groups is 1. The molecule has 12 heteroatoms. The summed E-state index contributed by atoms with van der Waals surface area (Å²) in [5.41, 5.74) is 2.74. The molecule has 218 valence electrons. The normalized spacial score (nSPS) is 11.1. The summed E-state index contributed by atoms with van der Waals surface area (Å²) in [5, 5.41) is 16.6. The summed E-state index contributed by atoms with van der Waals surface area (Å²) in [4.78, 5) is 25.8. The molecule has 42 heavy (non-hydrogen) atoms. The average molecular weight is 573 g/mol. The molecule has 0 aliphatic carbocycles. The van der Waals surface area contributed by atoms with Crippen LogP contribution >= 0.6 is 0 Å². The zero-order valence-electron chi connectivity index (χ0n) is 23.8. The van der Waals surface area contributed by atoms with E-state index in [0.29, 0.717) is 58.7 Å². The van der Waals surface area contributed by atoms with Crippen molar-refractivity contribution in [3.05, 3.63) is 78.0 Å². The standard InChI is InChI=1S/C30H32N6O6/c1-6-24(21-14-25(39-4)26(40-5)15-22(21)31-3)42-20-8-9-28(33-16-20)34-30(38)29-27(41-7-2)18-36(35-29)23-17-32-12-10-19(23)11-13-37/h6,8-10,12,14-18,37H,3,7,11,13H2,1-2,4-5H3,(H,33,34,38)/b24-6+. The Bertz CT molecular complexity index is 1580. The summed E-state index contributed by atoms with van der Waals surface area (Å²) >= 11 is 0. The van der Waals surface area contributed by atoms with Gasteiger partial charge in [-0.05, 0) is 62.9 Å². The second-order valence-corrected chi connectivity index (χ2v) is 8.67. The number of nitrogens with one attached hydrogen (secondary N) is 1. The zero-order chi connectivity index (χ0) is 30.1. The van der Waals surface area contributed by atoms with Gasteiger partial charge in [-0.3, -0.25) is 14.8 Å². The van der Waals surface area contributed by atoms with Crippen LogP contribution in [-0.4, -0.2) is 64.9 Å². The van der Waals surface area contributed by atoms with E-state index in [0.717, 1.165) is 5.56 Å². The van der Waals surface area contributed by atoms with Crippen LogP contribution < -0.4 is 24.3 Å². The number of carbonyl (C=O) groups excluding carboxylic acids is 1. The third kappa shape index (κ3) is 6.56. The smallest absolute Gasteiger partial charge is 0.281 e. The fraction of sp³-hybridized carbons (Fsp3) is 0.233. The maximum absolute atomic E-state index is 13.2. The largest absolute Gasteiger partial charge is 0.493 e. The lowest BCUT2D eigenvalue weighted by molar-refractivity contribution is 0.101. The molecule has 1 aromatic carbocycles. The Morgan fingerprint density at radius 2 is 1.93 bits per heavy atom. The highest BCUT2D eigenvalue weighted by Crippen LogP contribution is 2.38. The van der Waals surface area contributed by atoms with Gasteiger partial charge in [0.15, 0.2) is 22.9 Å². The van der Waals surface area contributed by atoms with Crippen molar-refractivity contribution in [1.82, 2.24) is 19.7 Å². The Balaban J connectivity index is 1.53. The van der Waals surface area contributed by atoms with E-state index in [2.05, 4.69) is 32.1 Å². The summed E-state index contributed by atoms with van der Waals surface area (Å²) in [6, 6.07) is 8.55. The van der Waals surface area contributed by atoms with Crippen LogP contribution in [0, 0.1) is 0 Å². The van der Waals surface area contributed by atoms with Gasteiger partial charge in [-0.15, -0.1) is 0 Å². The van der Waals surface area contributed by atoms with Crippen molar-refractivity contribution in [1.29, 1.82) is 0 Å². The maximum Gasteiger partial charge on any atom is 0.281 e. The van der Waals surface area contributed by atoms with Gasteiger partial charge in [0.25, 0.3) is 5.91 Å². The minimum atomic E-state index is -0.507. The zero-order valence-corrected chi connectivity index (χ0v) is 23.8. The number of aliphatic imine (C=N–C) groups is 1. The van der Waals surface area contributed by atoms with Crippen LogP contribution in [0.4, 0.5) is 11.5 Å². The van der Waals surface area contributed by atoms with Crippen LogP contribution in [0.2, 0.25) is 0 Å². The number of allylic oxidation sites excluding steroid dienone is 1. The predicted octanol–water partition coefficient (Wildman–Crippen LogP) is 4.64. The molecule has 0 spiro atoms. The molecule has 12 nitrogen and oxygen atoms in total. The number of rotatable bonds is 13. The molecule has 4 rings (SSSR count). The number of hydrogen-bond acceptors (Lipinski definition) is 10. The number of amides is 1. The molecular weight excluding hydrogens is 540 g/mol. The molecule has 0 saturated heterocycles. The van der Waals surface area contributed by atoms with E-state index in [1.807, 2.05) is 13.8 Å². The van der Waals surface area contributed by atoms with E-state index in [9.17, 15) is 9.90 Å². The number of aliphatic hydroxyl groups excluding tert-OH is 1. The van der Waals surface area contributed by atoms with Gasteiger partial charge in [-0.2, -0.15) is 5.10 Å². The average Bonchev–Trinajstić information content (AvgIpc) is 3.44. The Labute approximate surface area is 243 Å². The molecule has 0 aliphatic rings. The highest BCUT2D eigenvalue weighted by molar-refractivity contribution is 6.04. The fourth-order valence-electron chi connectivity index (χ4n) is 4.14. The molecular formula is C30H32N6O6. The van der Waals surface area contributed by atoms with Crippen molar-refractivity contribution in [2.75, 3.05) is 32.8 Å². The van der Waals surface area contributed by atoms with Crippen LogP contribution in [0.3, 0.4) is 0 Å². The summed E-state index contributed by atoms with van der Waals surface area (Å²) in [5.74, 6) is 2.04. The Morgan fingerprint density at radius 1 is 1.14 bits per heavy atom. The molecule has 0 aliphatic heterocycles. The van der Waals surface area contributed by atoms with Crippen molar-refractivity contribution in [2.24, 2.45) is 4.99 Å². The first-order chi connectivity index (χ1) is 20.5. The van der Waals surface area contributed by atoms with Crippen LogP contribution in [0.5, 0.6) is 23.0 Å². The highest BCUT2D eigenvalue weighted by atomic mass is 16.5. The van der Waals surface area contributed by atoms with Crippen LogP contribution in [0.1, 0.15) is 35.5 Å². The van der Waals surface area contributed by atoms with Gasteiger partial charge >= 0.3 is 0 Å². The van der Waals surface area contributed by atoms with Crippen LogP contribution in [0.25, 0.3) is 11.4 Å². The van der Waals surface area contributed by atoms with E-state index >= 15 is 0 Å². The molecule has 0 radical (unpaired) electrons. The van der Waals surface area contributed by atoms with Crippen molar-refractivity contribution < 1.29 is 28.8 Å². The number of hydrogen-bond donors (Lipinski definition) is 2. The monoisotopic (exact) mass is 572 g/mol. The lowest BCUT2D eigenvalue weighted by atomic mass is 10.1. The number of pyridine rings is 2. The van der Waals surface area contributed by atoms with Crippen LogP contribution in [-0.2, 0) is 6.42 Å². The van der Waals surface area contributed by atoms with Gasteiger partial charge in [-0.25, -0.2) is 9.67 Å². The lowest BCUT2D eigenvalue weighted by Crippen LogP contribution is -2.15. The van der Waals surface area contributed by atoms with Crippen molar-refractivity contribution in [3.8, 4) is 28.7 Å². The van der Waals surface area contributed by atoms with E-state index in [1.165, 1.54) is 10.9 Å². The fourth-order valence-corrected chi connectivity index (χ4v) is 4.14. The summed E-state index contributed by atoms with van der Waals surface area (Å²) < 4.78 is 24.1. The molecule has 4 aromatic rings. The summed E-state index contributed by atoms with van der Waals surface area (Å²) in [6.45, 7) is 7.59. The minimum Gasteiger partial charge on any atom is -0.493 e. The summed E-state index contributed by atoms with van der Waals surface area (Å²) in [6.07, 6.45) is 8.54. The molecule has 0 atom stereocenters. The second kappa shape index (κ2) is 13.9. The van der Waals surface area contributed by atoms with Gasteiger partial charge in [0, 0.05) is 24.4 Å². The number of ether oxygens (including phenoxy) is 4. The first-order valence-corrected chi connectivity index (χ1v) is 13.1. The number of aliphatic hydroxyl groups is 1. The molecule has 0 bridgehead atoms. The third-order valence-electron chi connectivity index (χ3n) is 6.12. The molecule has 1 amide bonds. The Kier molecular flexibility index (Phi) is 9.85. The van der Waals surface area contributed by atoms with E-state index in [4.69, 9.17) is 18.9 Å². The SMILES string of the molecule is C=Nc1cc(OC)c(OC)cc1/C(=C\C)Oc1ccc(NC(=O)c2nn(-c3cnccc3CCO)cc2OCC)nc1. The number of nitrogens with zero attached hydrogens (tertiary/aromatic N) is 5. The first-order valence-electron chi connectivity index (χ1n) is 13.1. The molecule has 0 fully saturated rings. The third-order valence-corrected chi connectivity index (χ3v) is 6.12. The van der Waals surface area contributed by atoms with Crippen molar-refractivity contribution >= 4 is 29.9 Å². The molecule has 0 saturated carbocycles. The van der Waals surface area contributed by atoms with Gasteiger partial charge in [-0.1, -0.05) is 0 Å². The summed E-state index contributed by atoms with van der Waals surface area (Å²) in [7, 11) is 3.09. The predicted molar refractivity (Wildman–Crippen MR) is 159 cm³/mol. The van der Waals surface area contributed by atoms with Gasteiger partial charge < -0.3 is 29.4 Å². The maximum atomic E-state index is 13.2. The van der Waals surface area contributed by atoms with E-state index in [-0.39, 0.29) is 18.1 Å². The molecule has 2 N–H and O–H groups in total. The second-order valence-electron chi connectivity index (χ2n) is 8.67. The number of aromatic nitrogens is 4. The highest BCUT2D eigenvalue weighted by Gasteiger charge is 2.21. The van der Waals surface area contributed by atoms with Gasteiger partial charge in [0.2, 0.25) is 0 Å². The Morgan fingerprint density at radius 3 is 2.57 bits per heavy atom. The quantitative estimate of drug-likeness (QED) is 0.173. The van der Waals surface area contributed by atoms with E-state index < -0.39 is 5.91 Å². The first kappa shape index (κ1) is 29.7. The lowest BCUT2D eigenvalue weighted by Gasteiger charge is -2.15. The van der Waals surface area contributed by atoms with Gasteiger partial charge in [0.05, 0.1) is 50.8 Å². The Hall–Kier alpha value is -5.23. The number of benzene rings is 1. The van der Waals surface area contributed by atoms with Crippen molar-refractivity contribution in [3.63, 3.8) is 0 Å². The topological polar surface area (TPSA) is 142 Å². The number of methoxy groups -OCH3 is 2. The van der Waals surface area contributed by atoms with E-state index in [1.54, 1.807) is 69.2 Å². The molecule has 0 unspecified atom stereocenters. The molecule has 3 heterocycles. The number of anilines is 1. The minimum absolute atomic E-state index is 0.0363. The van der Waals surface area contributed by atoms with Crippen LogP contribution in [0.15, 0.2) is 66.2 Å².